The van der Waals surface area contributed by atoms with Crippen LogP contribution in [0.1, 0.15) is 20.3 Å². The van der Waals surface area contributed by atoms with Crippen LogP contribution in [0.15, 0.2) is 54.6 Å². The Kier molecular flexibility index (Phi) is 6.81. The molecule has 1 amide bonds. The molecule has 0 spiro atoms. The van der Waals surface area contributed by atoms with Gasteiger partial charge >= 0.3 is 0 Å². The quantitative estimate of drug-likeness (QED) is 0.857. The topological polar surface area (TPSA) is 58.4 Å². The molecule has 1 unspecified atom stereocenters. The summed E-state index contributed by atoms with van der Waals surface area (Å²) in [5.74, 6) is 0.0266. The second-order valence-corrected chi connectivity index (χ2v) is 7.59. The Labute approximate surface area is 162 Å². The summed E-state index contributed by atoms with van der Waals surface area (Å²) in [5, 5.41) is 2.99. The zero-order valence-electron chi connectivity index (χ0n) is 15.4. The molecule has 4 nitrogen and oxygen atoms in total. The first-order valence-electron chi connectivity index (χ1n) is 8.87. The number of likely N-dealkylation sites (tertiary alicyclic amines) is 1. The van der Waals surface area contributed by atoms with Crippen LogP contribution in [0.25, 0.3) is 11.1 Å². The molecule has 0 aromatic heterocycles. The zero-order chi connectivity index (χ0) is 17.9. The fraction of sp³-hybridized carbons (Fsp3) is 0.381. The Bertz CT molecular complexity index is 716. The molecule has 3 N–H and O–H groups in total. The van der Waals surface area contributed by atoms with E-state index in [1.165, 1.54) is 5.56 Å². The summed E-state index contributed by atoms with van der Waals surface area (Å²) >= 11 is 0. The number of amides is 1. The average Bonchev–Trinajstić information content (AvgIpc) is 2.59. The predicted molar refractivity (Wildman–Crippen MR) is 111 cm³/mol. The van der Waals surface area contributed by atoms with Crippen molar-refractivity contribution in [3.05, 3.63) is 54.6 Å². The molecule has 1 atom stereocenters. The van der Waals surface area contributed by atoms with Crippen molar-refractivity contribution in [3.8, 4) is 11.1 Å². The normalized spacial score (nSPS) is 19.4. The highest BCUT2D eigenvalue weighted by Gasteiger charge is 2.33. The van der Waals surface area contributed by atoms with Crippen LogP contribution in [0.3, 0.4) is 0 Å². The number of piperidine rings is 1. The van der Waals surface area contributed by atoms with Gasteiger partial charge in [0.05, 0.1) is 6.54 Å². The number of nitrogens with two attached hydrogens (primary N) is 1. The van der Waals surface area contributed by atoms with Gasteiger partial charge in [0.25, 0.3) is 0 Å². The number of carbonyl (C=O) groups excluding carboxylic acids is 1. The van der Waals surface area contributed by atoms with Gasteiger partial charge in [-0.15, -0.1) is 12.4 Å². The maximum Gasteiger partial charge on any atom is 0.238 e. The van der Waals surface area contributed by atoms with E-state index in [9.17, 15) is 4.79 Å². The molecule has 0 saturated carbocycles. The maximum absolute atomic E-state index is 12.3. The molecular weight excluding hydrogens is 346 g/mol. The maximum atomic E-state index is 12.3. The van der Waals surface area contributed by atoms with E-state index in [1.54, 1.807) is 0 Å². The Hall–Kier alpha value is -1.88. The number of hydrogen-bond acceptors (Lipinski definition) is 3. The summed E-state index contributed by atoms with van der Waals surface area (Å²) in [4.78, 5) is 14.5. The van der Waals surface area contributed by atoms with Crippen molar-refractivity contribution < 1.29 is 4.79 Å². The van der Waals surface area contributed by atoms with E-state index in [0.29, 0.717) is 6.54 Å². The van der Waals surface area contributed by atoms with E-state index in [4.69, 9.17) is 5.73 Å². The van der Waals surface area contributed by atoms with Crippen LogP contribution in [-0.4, -0.2) is 36.5 Å². The number of carbonyl (C=O) groups is 1. The highest BCUT2D eigenvalue weighted by Crippen LogP contribution is 2.27. The van der Waals surface area contributed by atoms with Crippen LogP contribution < -0.4 is 11.1 Å². The van der Waals surface area contributed by atoms with E-state index in [-0.39, 0.29) is 29.8 Å². The molecular formula is C21H28ClN3O. The highest BCUT2D eigenvalue weighted by molar-refractivity contribution is 5.92. The number of anilines is 1. The van der Waals surface area contributed by atoms with Gasteiger partial charge in [-0.3, -0.25) is 9.69 Å². The van der Waals surface area contributed by atoms with Crippen molar-refractivity contribution in [2.24, 2.45) is 11.1 Å². The Morgan fingerprint density at radius 2 is 1.73 bits per heavy atom. The predicted octanol–water partition coefficient (Wildman–Crippen LogP) is 3.77. The summed E-state index contributed by atoms with van der Waals surface area (Å²) in [6.07, 6.45) is 0.937. The van der Waals surface area contributed by atoms with Crippen LogP contribution in [-0.2, 0) is 4.79 Å². The first-order chi connectivity index (χ1) is 11.9. The molecule has 1 saturated heterocycles. The molecule has 5 heteroatoms. The van der Waals surface area contributed by atoms with Gasteiger partial charge in [-0.25, -0.2) is 0 Å². The van der Waals surface area contributed by atoms with Gasteiger partial charge in [0.2, 0.25) is 5.91 Å². The lowest BCUT2D eigenvalue weighted by Crippen LogP contribution is -2.53. The minimum atomic E-state index is 0. The van der Waals surface area contributed by atoms with Crippen LogP contribution in [0.4, 0.5) is 5.69 Å². The minimum absolute atomic E-state index is 0. The third-order valence-electron chi connectivity index (χ3n) is 5.03. The van der Waals surface area contributed by atoms with Crippen molar-refractivity contribution in [1.82, 2.24) is 4.90 Å². The molecule has 1 aliphatic heterocycles. The molecule has 0 radical (unpaired) electrons. The fourth-order valence-electron chi connectivity index (χ4n) is 3.40. The highest BCUT2D eigenvalue weighted by atomic mass is 35.5. The lowest BCUT2D eigenvalue weighted by atomic mass is 9.80. The van der Waals surface area contributed by atoms with Gasteiger partial charge in [-0.2, -0.15) is 0 Å². The molecule has 1 fully saturated rings. The van der Waals surface area contributed by atoms with Crippen LogP contribution in [0.5, 0.6) is 0 Å². The van der Waals surface area contributed by atoms with Crippen molar-refractivity contribution in [2.45, 2.75) is 26.3 Å². The SMILES string of the molecule is CC1(C)CN(CC(=O)Nc2ccc(-c3ccccc3)cc2)CCC1N.Cl. The van der Waals surface area contributed by atoms with Crippen LogP contribution >= 0.6 is 12.4 Å². The van der Waals surface area contributed by atoms with Crippen molar-refractivity contribution >= 4 is 24.0 Å². The summed E-state index contributed by atoms with van der Waals surface area (Å²) in [6, 6.07) is 18.4. The van der Waals surface area contributed by atoms with E-state index < -0.39 is 0 Å². The third kappa shape index (κ3) is 5.07. The first kappa shape index (κ1) is 20.4. The van der Waals surface area contributed by atoms with Crippen LogP contribution in [0.2, 0.25) is 0 Å². The molecule has 0 bridgehead atoms. The second-order valence-electron chi connectivity index (χ2n) is 7.59. The molecule has 1 heterocycles. The van der Waals surface area contributed by atoms with E-state index in [0.717, 1.165) is 30.8 Å². The smallest absolute Gasteiger partial charge is 0.238 e. The number of nitrogens with one attached hydrogen (secondary N) is 1. The van der Waals surface area contributed by atoms with Gasteiger partial charge in [-0.1, -0.05) is 56.3 Å². The molecule has 3 rings (SSSR count). The molecule has 26 heavy (non-hydrogen) atoms. The number of nitrogens with zero attached hydrogens (tertiary/aromatic N) is 1. The number of rotatable bonds is 4. The summed E-state index contributed by atoms with van der Waals surface area (Å²) in [6.45, 7) is 6.49. The van der Waals surface area contributed by atoms with Crippen molar-refractivity contribution in [3.63, 3.8) is 0 Å². The van der Waals surface area contributed by atoms with Gasteiger partial charge in [0.15, 0.2) is 0 Å². The Balaban J connectivity index is 0.00000243. The molecule has 140 valence electrons. The second kappa shape index (κ2) is 8.67. The molecule has 2 aromatic rings. The van der Waals surface area contributed by atoms with E-state index in [2.05, 4.69) is 36.2 Å². The Morgan fingerprint density at radius 3 is 2.35 bits per heavy atom. The van der Waals surface area contributed by atoms with Gasteiger partial charge in [-0.05, 0) is 35.1 Å². The first-order valence-corrected chi connectivity index (χ1v) is 8.87. The molecule has 1 aliphatic rings. The average molecular weight is 374 g/mol. The number of hydrogen-bond donors (Lipinski definition) is 2. The Morgan fingerprint density at radius 1 is 1.12 bits per heavy atom. The van der Waals surface area contributed by atoms with Gasteiger partial charge in [0.1, 0.15) is 0 Å². The van der Waals surface area contributed by atoms with E-state index >= 15 is 0 Å². The lowest BCUT2D eigenvalue weighted by molar-refractivity contribution is -0.118. The fourth-order valence-corrected chi connectivity index (χ4v) is 3.40. The van der Waals surface area contributed by atoms with Crippen LogP contribution in [0, 0.1) is 5.41 Å². The van der Waals surface area contributed by atoms with Gasteiger partial charge in [0, 0.05) is 24.8 Å². The molecule has 2 aromatic carbocycles. The zero-order valence-corrected chi connectivity index (χ0v) is 16.3. The summed E-state index contributed by atoms with van der Waals surface area (Å²) in [5.41, 5.74) is 9.36. The largest absolute Gasteiger partial charge is 0.327 e. The van der Waals surface area contributed by atoms with E-state index in [1.807, 2.05) is 42.5 Å². The van der Waals surface area contributed by atoms with Gasteiger partial charge < -0.3 is 11.1 Å². The molecule has 0 aliphatic carbocycles. The monoisotopic (exact) mass is 373 g/mol. The lowest BCUT2D eigenvalue weighted by Gasteiger charge is -2.42. The standard InChI is InChI=1S/C21H27N3O.ClH/c1-21(2)15-24(13-12-19(21)22)14-20(25)23-18-10-8-17(9-11-18)16-6-4-3-5-7-16;/h3-11,19H,12-15,22H2,1-2H3,(H,23,25);1H. The third-order valence-corrected chi connectivity index (χ3v) is 5.03. The summed E-state index contributed by atoms with van der Waals surface area (Å²) in [7, 11) is 0. The summed E-state index contributed by atoms with van der Waals surface area (Å²) < 4.78 is 0. The minimum Gasteiger partial charge on any atom is -0.327 e. The number of benzene rings is 2. The van der Waals surface area contributed by atoms with Crippen molar-refractivity contribution in [1.29, 1.82) is 0 Å². The number of halogens is 1. The van der Waals surface area contributed by atoms with Crippen molar-refractivity contribution in [2.75, 3.05) is 25.0 Å².